The number of hydrogen-bond acceptors (Lipinski definition) is 6. The van der Waals surface area contributed by atoms with Gasteiger partial charge < -0.3 is 20.5 Å². The highest BCUT2D eigenvalue weighted by Crippen LogP contribution is 2.23. The lowest BCUT2D eigenvalue weighted by atomic mass is 10.1. The Hall–Kier alpha value is -2.77. The quantitative estimate of drug-likeness (QED) is 0.579. The van der Waals surface area contributed by atoms with E-state index in [0.717, 1.165) is 5.39 Å². The zero-order valence-corrected chi connectivity index (χ0v) is 14.2. The number of carbonyl (C=O) groups is 2. The van der Waals surface area contributed by atoms with Crippen molar-refractivity contribution in [2.24, 2.45) is 0 Å². The zero-order chi connectivity index (χ0) is 17.9. The molecule has 0 saturated heterocycles. The zero-order valence-electron chi connectivity index (χ0n) is 14.2. The van der Waals surface area contributed by atoms with Gasteiger partial charge in [0.2, 0.25) is 0 Å². The van der Waals surface area contributed by atoms with E-state index in [1.54, 1.807) is 39.0 Å². The van der Waals surface area contributed by atoms with Crippen LogP contribution in [-0.2, 0) is 20.7 Å². The predicted molar refractivity (Wildman–Crippen MR) is 89.4 cm³/mol. The van der Waals surface area contributed by atoms with Crippen molar-refractivity contribution in [3.05, 3.63) is 23.9 Å². The van der Waals surface area contributed by atoms with Crippen LogP contribution in [0, 0.1) is 0 Å². The molecule has 0 aliphatic rings. The number of ether oxygens (including phenoxy) is 2. The third kappa shape index (κ3) is 4.15. The number of nitrogens with zero attached hydrogens (tertiary/aromatic N) is 1. The van der Waals surface area contributed by atoms with E-state index in [1.165, 1.54) is 7.11 Å². The number of carbonyl (C=O) groups excluding carboxylic acids is 2. The molecule has 1 aromatic heterocycles. The summed E-state index contributed by atoms with van der Waals surface area (Å²) in [5, 5.41) is 10.3. The second-order valence-corrected chi connectivity index (χ2v) is 6.37. The van der Waals surface area contributed by atoms with Gasteiger partial charge in [-0.3, -0.25) is 5.10 Å². The molecule has 24 heavy (non-hydrogen) atoms. The van der Waals surface area contributed by atoms with E-state index in [9.17, 15) is 9.59 Å². The average molecular weight is 334 g/mol. The molecule has 1 heterocycles. The number of fused-ring (bicyclic) bond motifs is 1. The molecular formula is C16H22N4O4. The van der Waals surface area contributed by atoms with Crippen LogP contribution >= 0.6 is 0 Å². The van der Waals surface area contributed by atoms with Gasteiger partial charge in [0.15, 0.2) is 0 Å². The van der Waals surface area contributed by atoms with Gasteiger partial charge in [-0.15, -0.1) is 0 Å². The van der Waals surface area contributed by atoms with Crippen LogP contribution in [0.1, 0.15) is 26.5 Å². The third-order valence-corrected chi connectivity index (χ3v) is 3.27. The van der Waals surface area contributed by atoms with E-state index in [-0.39, 0.29) is 6.42 Å². The van der Waals surface area contributed by atoms with Crippen LogP contribution in [0.5, 0.6) is 0 Å². The Kier molecular flexibility index (Phi) is 4.96. The van der Waals surface area contributed by atoms with E-state index >= 15 is 0 Å². The molecule has 0 unspecified atom stereocenters. The Morgan fingerprint density at radius 1 is 1.38 bits per heavy atom. The highest BCUT2D eigenvalue weighted by Gasteiger charge is 2.26. The van der Waals surface area contributed by atoms with E-state index in [0.29, 0.717) is 16.9 Å². The lowest BCUT2D eigenvalue weighted by Gasteiger charge is -2.22. The maximum atomic E-state index is 12.0. The highest BCUT2D eigenvalue weighted by atomic mass is 16.6. The third-order valence-electron chi connectivity index (χ3n) is 3.27. The van der Waals surface area contributed by atoms with E-state index in [4.69, 9.17) is 15.2 Å². The van der Waals surface area contributed by atoms with Crippen molar-refractivity contribution >= 4 is 28.7 Å². The van der Waals surface area contributed by atoms with Crippen molar-refractivity contribution in [1.29, 1.82) is 0 Å². The first-order chi connectivity index (χ1) is 11.2. The summed E-state index contributed by atoms with van der Waals surface area (Å²) in [6.07, 6.45) is -0.550. The van der Waals surface area contributed by atoms with Gasteiger partial charge >= 0.3 is 12.1 Å². The first-order valence-electron chi connectivity index (χ1n) is 7.50. The molecule has 130 valence electrons. The van der Waals surface area contributed by atoms with Crippen LogP contribution in [0.4, 0.5) is 10.5 Å². The molecule has 0 fully saturated rings. The van der Waals surface area contributed by atoms with Crippen molar-refractivity contribution in [1.82, 2.24) is 15.5 Å². The Bertz CT molecular complexity index is 748. The van der Waals surface area contributed by atoms with E-state index in [1.807, 2.05) is 0 Å². The average Bonchev–Trinajstić information content (AvgIpc) is 2.88. The number of H-pyrrole nitrogens is 1. The van der Waals surface area contributed by atoms with Gasteiger partial charge in [0.05, 0.1) is 12.6 Å². The number of hydrogen-bond donors (Lipinski definition) is 3. The molecule has 8 nitrogen and oxygen atoms in total. The van der Waals surface area contributed by atoms with Gasteiger partial charge in [0, 0.05) is 23.2 Å². The van der Waals surface area contributed by atoms with Gasteiger partial charge in [-0.25, -0.2) is 9.59 Å². The van der Waals surface area contributed by atoms with Crippen LogP contribution in [0.3, 0.4) is 0 Å². The summed E-state index contributed by atoms with van der Waals surface area (Å²) >= 11 is 0. The van der Waals surface area contributed by atoms with Gasteiger partial charge in [-0.05, 0) is 32.9 Å². The minimum Gasteiger partial charge on any atom is -0.467 e. The Morgan fingerprint density at radius 3 is 2.71 bits per heavy atom. The molecule has 8 heteroatoms. The number of alkyl carbamates (subject to hydrolysis) is 1. The van der Waals surface area contributed by atoms with Crippen molar-refractivity contribution in [2.45, 2.75) is 38.8 Å². The molecule has 0 aliphatic heterocycles. The standard InChI is InChI=1S/C16H22N4O4/c1-16(2,3)24-15(22)18-12(14(21)23-4)8-11-13-9(17)6-5-7-10(13)19-20-11/h5-7,12H,8,17H2,1-4H3,(H,18,22)(H,19,20)/t12-/m0/s1. The Labute approximate surface area is 139 Å². The molecule has 2 aromatic rings. The van der Waals surface area contributed by atoms with Crippen LogP contribution in [-0.4, -0.2) is 41.0 Å². The Morgan fingerprint density at radius 2 is 2.08 bits per heavy atom. The molecule has 0 radical (unpaired) electrons. The van der Waals surface area contributed by atoms with Gasteiger partial charge in [-0.1, -0.05) is 6.07 Å². The lowest BCUT2D eigenvalue weighted by molar-refractivity contribution is -0.143. The number of rotatable bonds is 4. The number of nitrogen functional groups attached to an aromatic ring is 1. The number of anilines is 1. The number of esters is 1. The summed E-state index contributed by atoms with van der Waals surface area (Å²) in [6.45, 7) is 5.22. The van der Waals surface area contributed by atoms with Crippen molar-refractivity contribution in [2.75, 3.05) is 12.8 Å². The molecule has 4 N–H and O–H groups in total. The minimum absolute atomic E-state index is 0.149. The fourth-order valence-electron chi connectivity index (χ4n) is 2.30. The van der Waals surface area contributed by atoms with Gasteiger partial charge in [-0.2, -0.15) is 5.10 Å². The second kappa shape index (κ2) is 6.77. The molecule has 0 aliphatic carbocycles. The molecule has 0 saturated carbocycles. The SMILES string of the molecule is COC(=O)[C@H](Cc1[nH]nc2cccc(N)c12)NC(=O)OC(C)(C)C. The normalized spacial score (nSPS) is 12.7. The van der Waals surface area contributed by atoms with Crippen LogP contribution in [0.2, 0.25) is 0 Å². The molecule has 2 rings (SSSR count). The number of aromatic nitrogens is 2. The van der Waals surface area contributed by atoms with Crippen molar-refractivity contribution in [3.63, 3.8) is 0 Å². The molecular weight excluding hydrogens is 312 g/mol. The molecule has 1 aromatic carbocycles. The van der Waals surface area contributed by atoms with E-state index < -0.39 is 23.7 Å². The first kappa shape index (κ1) is 17.6. The largest absolute Gasteiger partial charge is 0.467 e. The topological polar surface area (TPSA) is 119 Å². The summed E-state index contributed by atoms with van der Waals surface area (Å²) in [7, 11) is 1.26. The number of amides is 1. The molecule has 1 atom stereocenters. The summed E-state index contributed by atoms with van der Waals surface area (Å²) in [5.74, 6) is -0.585. The fraction of sp³-hybridized carbons (Fsp3) is 0.438. The first-order valence-corrected chi connectivity index (χ1v) is 7.50. The predicted octanol–water partition coefficient (Wildman–Crippen LogP) is 1.75. The lowest BCUT2D eigenvalue weighted by Crippen LogP contribution is -2.45. The van der Waals surface area contributed by atoms with Gasteiger partial charge in [0.25, 0.3) is 0 Å². The van der Waals surface area contributed by atoms with Crippen LogP contribution in [0.15, 0.2) is 18.2 Å². The number of aromatic amines is 1. The monoisotopic (exact) mass is 334 g/mol. The maximum absolute atomic E-state index is 12.0. The highest BCUT2D eigenvalue weighted by molar-refractivity contribution is 5.93. The molecule has 0 spiro atoms. The summed E-state index contributed by atoms with van der Waals surface area (Å²) in [5.41, 5.74) is 7.17. The number of benzene rings is 1. The van der Waals surface area contributed by atoms with Crippen LogP contribution in [0.25, 0.3) is 10.9 Å². The van der Waals surface area contributed by atoms with Crippen molar-refractivity contribution in [3.8, 4) is 0 Å². The Balaban J connectivity index is 2.22. The maximum Gasteiger partial charge on any atom is 0.408 e. The number of nitrogens with two attached hydrogens (primary N) is 1. The summed E-state index contributed by atoms with van der Waals surface area (Å²) in [6, 6.07) is 4.42. The summed E-state index contributed by atoms with van der Waals surface area (Å²) in [4.78, 5) is 24.0. The van der Waals surface area contributed by atoms with Crippen molar-refractivity contribution < 1.29 is 19.1 Å². The second-order valence-electron chi connectivity index (χ2n) is 6.37. The number of nitrogens with one attached hydrogen (secondary N) is 2. The molecule has 0 bridgehead atoms. The number of methoxy groups -OCH3 is 1. The van der Waals surface area contributed by atoms with E-state index in [2.05, 4.69) is 15.5 Å². The fourth-order valence-corrected chi connectivity index (χ4v) is 2.30. The summed E-state index contributed by atoms with van der Waals surface area (Å²) < 4.78 is 9.94. The smallest absolute Gasteiger partial charge is 0.408 e. The minimum atomic E-state index is -0.923. The van der Waals surface area contributed by atoms with Gasteiger partial charge in [0.1, 0.15) is 11.6 Å². The molecule has 1 amide bonds. The van der Waals surface area contributed by atoms with Crippen LogP contribution < -0.4 is 11.1 Å².